The second-order valence-corrected chi connectivity index (χ2v) is 15.6. The van der Waals surface area contributed by atoms with Gasteiger partial charge in [-0.2, -0.15) is 0 Å². The number of rotatable bonds is 14. The van der Waals surface area contributed by atoms with E-state index in [1.165, 1.54) is 17.7 Å². The van der Waals surface area contributed by atoms with E-state index in [2.05, 4.69) is 32.1 Å². The zero-order valence-corrected chi connectivity index (χ0v) is 31.4. The zero-order chi connectivity index (χ0) is 36.9. The van der Waals surface area contributed by atoms with Crippen LogP contribution in [-0.2, 0) is 9.59 Å². The van der Waals surface area contributed by atoms with Crippen LogP contribution in [0.5, 0.6) is 11.5 Å². The van der Waals surface area contributed by atoms with Crippen molar-refractivity contribution in [2.45, 2.75) is 121 Å². The molecule has 0 amide bonds. The van der Waals surface area contributed by atoms with Crippen LogP contribution in [0.4, 0.5) is 0 Å². The maximum Gasteiger partial charge on any atom is 0.200 e. The van der Waals surface area contributed by atoms with Gasteiger partial charge in [-0.05, 0) is 143 Å². The average molecular weight is 671 g/mol. The van der Waals surface area contributed by atoms with Crippen molar-refractivity contribution >= 4 is 17.3 Å². The van der Waals surface area contributed by atoms with Gasteiger partial charge in [0, 0.05) is 5.56 Å². The summed E-state index contributed by atoms with van der Waals surface area (Å²) in [5.41, 5.74) is 1.08. The van der Waals surface area contributed by atoms with E-state index >= 15 is 9.59 Å². The van der Waals surface area contributed by atoms with Crippen LogP contribution in [0.2, 0.25) is 0 Å². The lowest BCUT2D eigenvalue weighted by Gasteiger charge is -2.61. The van der Waals surface area contributed by atoms with E-state index in [0.717, 1.165) is 41.2 Å². The van der Waals surface area contributed by atoms with Crippen molar-refractivity contribution < 1.29 is 29.7 Å². The van der Waals surface area contributed by atoms with Crippen molar-refractivity contribution in [2.24, 2.45) is 22.2 Å². The highest BCUT2D eigenvalue weighted by Gasteiger charge is 2.73. The highest BCUT2D eigenvalue weighted by Crippen LogP contribution is 2.68. The maximum absolute atomic E-state index is 15.5. The molecule has 49 heavy (non-hydrogen) atoms. The first-order valence-corrected chi connectivity index (χ1v) is 17.6. The average Bonchev–Trinajstić information content (AvgIpc) is 3.00. The Morgan fingerprint density at radius 2 is 1.37 bits per heavy atom. The second-order valence-electron chi connectivity index (χ2n) is 15.6. The Labute approximate surface area is 294 Å². The molecule has 3 N–H and O–H groups in total. The molecule has 1 saturated carbocycles. The number of allylic oxidation sites excluding steroid dienone is 12. The van der Waals surface area contributed by atoms with Crippen LogP contribution in [0.15, 0.2) is 87.8 Å². The molecule has 266 valence electrons. The largest absolute Gasteiger partial charge is 0.510 e. The summed E-state index contributed by atoms with van der Waals surface area (Å²) in [6, 6.07) is 3.61. The molecule has 0 aliphatic heterocycles. The molecule has 3 rings (SSSR count). The van der Waals surface area contributed by atoms with E-state index in [-0.39, 0.29) is 36.5 Å². The van der Waals surface area contributed by atoms with Gasteiger partial charge in [-0.3, -0.25) is 14.4 Å². The summed E-state index contributed by atoms with van der Waals surface area (Å²) in [5.74, 6) is -3.29. The van der Waals surface area contributed by atoms with Gasteiger partial charge in [0.15, 0.2) is 28.8 Å². The van der Waals surface area contributed by atoms with Gasteiger partial charge in [0.05, 0.1) is 5.41 Å². The predicted molar refractivity (Wildman–Crippen MR) is 199 cm³/mol. The molecule has 2 bridgehead atoms. The lowest BCUT2D eigenvalue weighted by molar-refractivity contribution is -0.174. The van der Waals surface area contributed by atoms with Gasteiger partial charge in [-0.15, -0.1) is 0 Å². The highest BCUT2D eigenvalue weighted by molar-refractivity contribution is 6.35. The van der Waals surface area contributed by atoms with E-state index in [4.69, 9.17) is 0 Å². The Morgan fingerprint density at radius 3 is 1.94 bits per heavy atom. The normalized spacial score (nSPS) is 25.1. The van der Waals surface area contributed by atoms with Gasteiger partial charge < -0.3 is 15.3 Å². The molecule has 0 radical (unpaired) electrons. The first kappa shape index (κ1) is 39.5. The molecule has 0 spiro atoms. The third-order valence-corrected chi connectivity index (χ3v) is 10.8. The van der Waals surface area contributed by atoms with Crippen molar-refractivity contribution in [3.8, 4) is 11.5 Å². The fourth-order valence-electron chi connectivity index (χ4n) is 7.79. The first-order chi connectivity index (χ1) is 22.8. The number of fused-ring (bicyclic) bond motifs is 2. The van der Waals surface area contributed by atoms with Gasteiger partial charge in [-0.25, -0.2) is 0 Å². The number of aliphatic hydroxyl groups excluding tert-OH is 1. The summed E-state index contributed by atoms with van der Waals surface area (Å²) in [6.45, 7) is 20.2. The minimum absolute atomic E-state index is 0.0501. The van der Waals surface area contributed by atoms with E-state index < -0.39 is 50.6 Å². The molecule has 0 heterocycles. The van der Waals surface area contributed by atoms with Crippen LogP contribution < -0.4 is 0 Å². The van der Waals surface area contributed by atoms with Gasteiger partial charge in [0.2, 0.25) is 0 Å². The molecule has 1 fully saturated rings. The molecular weight excluding hydrogens is 612 g/mol. The van der Waals surface area contributed by atoms with E-state index in [1.807, 2.05) is 67.5 Å². The number of benzene rings is 1. The molecule has 6 heteroatoms. The van der Waals surface area contributed by atoms with Crippen LogP contribution >= 0.6 is 0 Å². The Balaban J connectivity index is 2.45. The number of carbonyl (C=O) groups is 3. The molecule has 2 aliphatic rings. The van der Waals surface area contributed by atoms with Crippen molar-refractivity contribution in [1.29, 1.82) is 0 Å². The number of hydrogen-bond acceptors (Lipinski definition) is 6. The van der Waals surface area contributed by atoms with Crippen LogP contribution in [0.25, 0.3) is 0 Å². The van der Waals surface area contributed by atoms with Crippen molar-refractivity contribution in [1.82, 2.24) is 0 Å². The molecule has 1 aromatic rings. The minimum Gasteiger partial charge on any atom is -0.510 e. The fraction of sp³-hybridized carbons (Fsp3) is 0.512. The fourth-order valence-corrected chi connectivity index (χ4v) is 7.79. The molecule has 0 aromatic heterocycles. The van der Waals surface area contributed by atoms with Crippen molar-refractivity contribution in [3.63, 3.8) is 0 Å². The molecular formula is C43H58O6. The Hall–Kier alpha value is -3.93. The van der Waals surface area contributed by atoms with Gasteiger partial charge in [-0.1, -0.05) is 65.2 Å². The standard InChI is InChI=1S/C43H58O6/c1-27(2)13-11-15-31(9)21-23-42-26-33(18-16-29(5)6)41(10,22-12-14-28(3)4)43(40(42)49,24-20-30(7)8)39(48)36(38(42)47)37(46)32-17-19-34(44)35(45)25-32/h13-14,16-17,19-21,25,33,44-45,47H,11-12,15,18,22-24,26H2,1-10H3/b31-21+/t33-,41+,42+,43-/m1/s1. The number of phenolic OH excluding ortho intramolecular Hbond substituents is 2. The molecule has 2 aliphatic carbocycles. The second kappa shape index (κ2) is 15.7. The van der Waals surface area contributed by atoms with E-state index in [0.29, 0.717) is 19.3 Å². The topological polar surface area (TPSA) is 112 Å². The number of carbonyl (C=O) groups excluding carboxylic acids is 3. The molecule has 1 aromatic carbocycles. The summed E-state index contributed by atoms with van der Waals surface area (Å²) < 4.78 is 0. The number of ketones is 3. The molecule has 6 nitrogen and oxygen atoms in total. The molecule has 0 saturated heterocycles. The number of hydrogen-bond donors (Lipinski definition) is 3. The van der Waals surface area contributed by atoms with Crippen LogP contribution in [0, 0.1) is 22.2 Å². The molecule has 4 atom stereocenters. The third-order valence-electron chi connectivity index (χ3n) is 10.8. The third kappa shape index (κ3) is 7.95. The number of aliphatic hydroxyl groups is 1. The highest BCUT2D eigenvalue weighted by atomic mass is 16.3. The van der Waals surface area contributed by atoms with E-state index in [1.54, 1.807) is 0 Å². The predicted octanol–water partition coefficient (Wildman–Crippen LogP) is 10.8. The number of phenols is 2. The molecule has 0 unspecified atom stereocenters. The number of aromatic hydroxyl groups is 2. The lowest BCUT2D eigenvalue weighted by Crippen LogP contribution is -2.67. The zero-order valence-electron chi connectivity index (χ0n) is 31.4. The van der Waals surface area contributed by atoms with Crippen LogP contribution in [0.3, 0.4) is 0 Å². The van der Waals surface area contributed by atoms with Crippen molar-refractivity contribution in [3.05, 3.63) is 93.3 Å². The van der Waals surface area contributed by atoms with Crippen LogP contribution in [-0.4, -0.2) is 32.7 Å². The maximum atomic E-state index is 15.5. The monoisotopic (exact) mass is 670 g/mol. The summed E-state index contributed by atoms with van der Waals surface area (Å²) in [7, 11) is 0. The summed E-state index contributed by atoms with van der Waals surface area (Å²) in [4.78, 5) is 45.2. The summed E-state index contributed by atoms with van der Waals surface area (Å²) >= 11 is 0. The van der Waals surface area contributed by atoms with Crippen molar-refractivity contribution in [2.75, 3.05) is 0 Å². The summed E-state index contributed by atoms with van der Waals surface area (Å²) in [5, 5.41) is 32.6. The van der Waals surface area contributed by atoms with Gasteiger partial charge in [0.1, 0.15) is 16.7 Å². The number of Topliss-reactive ketones (excluding diaryl/α,β-unsaturated/α-hetero) is 3. The smallest absolute Gasteiger partial charge is 0.200 e. The lowest BCUT2D eigenvalue weighted by atomic mass is 9.38. The SMILES string of the molecule is CC(C)=CCC/C(C)=C/C[C@]12C[C@@H](CC=C(C)C)[C@](C)(CCC=C(C)C)[C@](CC=C(C)C)(C(=O)C(C(=O)c3ccc(O)c(O)c3)=C1O)C2=O. The van der Waals surface area contributed by atoms with Crippen LogP contribution in [0.1, 0.15) is 131 Å². The van der Waals surface area contributed by atoms with Gasteiger partial charge >= 0.3 is 0 Å². The quantitative estimate of drug-likeness (QED) is 0.0597. The Kier molecular flexibility index (Phi) is 12.7. The Morgan fingerprint density at radius 1 is 0.776 bits per heavy atom. The van der Waals surface area contributed by atoms with E-state index in [9.17, 15) is 20.1 Å². The van der Waals surface area contributed by atoms with Gasteiger partial charge in [0.25, 0.3) is 0 Å². The minimum atomic E-state index is -1.63. The Bertz CT molecular complexity index is 1650. The first-order valence-electron chi connectivity index (χ1n) is 17.6. The summed E-state index contributed by atoms with van der Waals surface area (Å²) in [6.07, 6.45) is 14.4.